The molecule has 40 heavy (non-hydrogen) atoms. The standard InChI is InChI=1S/C27H30N6O6S/c1-2-33(25-14-29-10-11-37-25)17-40(35,36)20-5-3-4-19(13-20)31-27-30-9-8-24(32-27)39-15-18-6-7-21-22(26(28)34)16-38-23(21)12-18/h3-9,12-13,16,25,29H,2,10-11,14-15,17H2,1H3,(H2,28,34)(H,30,31,32). The smallest absolute Gasteiger partial charge is 0.252 e. The lowest BCUT2D eigenvalue weighted by molar-refractivity contribution is -0.0656. The quantitative estimate of drug-likeness (QED) is 0.245. The molecule has 1 unspecified atom stereocenters. The molecule has 1 fully saturated rings. The van der Waals surface area contributed by atoms with Crippen molar-refractivity contribution in [1.82, 2.24) is 20.2 Å². The predicted octanol–water partition coefficient (Wildman–Crippen LogP) is 2.64. The molecule has 0 saturated carbocycles. The highest BCUT2D eigenvalue weighted by Crippen LogP contribution is 2.24. The summed E-state index contributed by atoms with van der Waals surface area (Å²) in [7, 11) is -3.62. The van der Waals surface area contributed by atoms with Crippen molar-refractivity contribution in [1.29, 1.82) is 0 Å². The number of hydrogen-bond acceptors (Lipinski definition) is 11. The number of likely N-dealkylation sites (N-methyl/N-ethyl adjacent to an activating group) is 1. The Kier molecular flexibility index (Phi) is 8.26. The zero-order chi connectivity index (χ0) is 28.1. The molecular formula is C27H30N6O6S. The summed E-state index contributed by atoms with van der Waals surface area (Å²) in [4.78, 5) is 22.1. The number of ether oxygens (including phenoxy) is 2. The number of nitrogens with two attached hydrogens (primary N) is 1. The minimum Gasteiger partial charge on any atom is -0.473 e. The van der Waals surface area contributed by atoms with Crippen molar-refractivity contribution < 1.29 is 27.1 Å². The van der Waals surface area contributed by atoms with Crippen LogP contribution in [0.4, 0.5) is 11.6 Å². The lowest BCUT2D eigenvalue weighted by Gasteiger charge is -2.33. The maximum absolute atomic E-state index is 13.2. The Balaban J connectivity index is 1.24. The first-order valence-electron chi connectivity index (χ1n) is 12.7. The fourth-order valence-electron chi connectivity index (χ4n) is 4.35. The van der Waals surface area contributed by atoms with Crippen LogP contribution in [-0.4, -0.2) is 67.5 Å². The maximum Gasteiger partial charge on any atom is 0.252 e. The summed E-state index contributed by atoms with van der Waals surface area (Å²) in [5.74, 6) is -0.150. The number of sulfone groups is 1. The van der Waals surface area contributed by atoms with Gasteiger partial charge in [0, 0.05) is 36.4 Å². The molecule has 1 aliphatic heterocycles. The minimum atomic E-state index is -3.62. The van der Waals surface area contributed by atoms with Gasteiger partial charge in [-0.15, -0.1) is 0 Å². The molecule has 13 heteroatoms. The third kappa shape index (κ3) is 6.39. The average molecular weight is 567 g/mol. The molecule has 2 aromatic heterocycles. The van der Waals surface area contributed by atoms with Crippen molar-refractivity contribution in [2.75, 3.05) is 37.4 Å². The molecule has 1 amide bonds. The first-order valence-corrected chi connectivity index (χ1v) is 14.4. The van der Waals surface area contributed by atoms with Gasteiger partial charge >= 0.3 is 0 Å². The summed E-state index contributed by atoms with van der Waals surface area (Å²) in [6.07, 6.45) is 2.58. The van der Waals surface area contributed by atoms with Crippen LogP contribution >= 0.6 is 0 Å². The molecule has 1 atom stereocenters. The number of aromatic nitrogens is 2. The van der Waals surface area contributed by atoms with E-state index >= 15 is 0 Å². The minimum absolute atomic E-state index is 0.160. The van der Waals surface area contributed by atoms with Crippen LogP contribution in [0.15, 0.2) is 70.3 Å². The van der Waals surface area contributed by atoms with Crippen LogP contribution in [0.5, 0.6) is 5.88 Å². The van der Waals surface area contributed by atoms with Crippen LogP contribution in [0.1, 0.15) is 22.8 Å². The molecule has 0 aliphatic carbocycles. The second kappa shape index (κ2) is 12.0. The number of carbonyl (C=O) groups is 1. The topological polar surface area (TPSA) is 162 Å². The summed E-state index contributed by atoms with van der Waals surface area (Å²) in [5, 5.41) is 6.92. The van der Waals surface area contributed by atoms with Gasteiger partial charge in [0.05, 0.1) is 17.1 Å². The van der Waals surface area contributed by atoms with Gasteiger partial charge in [-0.1, -0.05) is 19.1 Å². The second-order valence-electron chi connectivity index (χ2n) is 9.18. The third-order valence-electron chi connectivity index (χ3n) is 6.43. The molecule has 3 heterocycles. The lowest BCUT2D eigenvalue weighted by Crippen LogP contribution is -2.50. The van der Waals surface area contributed by atoms with Gasteiger partial charge in [-0.25, -0.2) is 13.4 Å². The third-order valence-corrected chi connectivity index (χ3v) is 8.07. The SMILES string of the molecule is CCN(CS(=O)(=O)c1cccc(Nc2nccc(OCc3ccc4c(C(N)=O)coc4c3)n2)c1)C1CNCCO1. The Morgan fingerprint density at radius 1 is 1.25 bits per heavy atom. The van der Waals surface area contributed by atoms with E-state index in [2.05, 4.69) is 20.6 Å². The highest BCUT2D eigenvalue weighted by atomic mass is 32.2. The Hall–Kier alpha value is -4.04. The second-order valence-corrected chi connectivity index (χ2v) is 11.1. The van der Waals surface area contributed by atoms with Gasteiger partial charge in [-0.3, -0.25) is 9.69 Å². The number of benzene rings is 2. The molecular weight excluding hydrogens is 536 g/mol. The van der Waals surface area contributed by atoms with E-state index in [9.17, 15) is 13.2 Å². The fourth-order valence-corrected chi connectivity index (χ4v) is 5.87. The molecule has 12 nitrogen and oxygen atoms in total. The van der Waals surface area contributed by atoms with Crippen molar-refractivity contribution in [2.45, 2.75) is 24.7 Å². The zero-order valence-electron chi connectivity index (χ0n) is 21.9. The number of primary amides is 1. The van der Waals surface area contributed by atoms with Gasteiger partial charge in [0.15, 0.2) is 9.84 Å². The van der Waals surface area contributed by atoms with Crippen LogP contribution in [0.2, 0.25) is 0 Å². The molecule has 5 rings (SSSR count). The Labute approximate surface area is 231 Å². The van der Waals surface area contributed by atoms with Crippen molar-refractivity contribution in [3.8, 4) is 5.88 Å². The summed E-state index contributed by atoms with van der Waals surface area (Å²) < 4.78 is 43.4. The molecule has 1 aliphatic rings. The molecule has 210 valence electrons. The van der Waals surface area contributed by atoms with E-state index in [1.807, 2.05) is 13.0 Å². The average Bonchev–Trinajstić information content (AvgIpc) is 3.39. The Morgan fingerprint density at radius 2 is 2.12 bits per heavy atom. The number of carbonyl (C=O) groups excluding carboxylic acids is 1. The van der Waals surface area contributed by atoms with Gasteiger partial charge in [0.25, 0.3) is 5.91 Å². The molecule has 1 saturated heterocycles. The molecule has 2 aromatic carbocycles. The largest absolute Gasteiger partial charge is 0.473 e. The van der Waals surface area contributed by atoms with Crippen LogP contribution in [0, 0.1) is 0 Å². The first-order chi connectivity index (χ1) is 19.3. The van der Waals surface area contributed by atoms with Crippen LogP contribution < -0.4 is 21.1 Å². The van der Waals surface area contributed by atoms with Gasteiger partial charge in [-0.2, -0.15) is 4.98 Å². The number of furan rings is 1. The number of fused-ring (bicyclic) bond motifs is 1. The fraction of sp³-hybridized carbons (Fsp3) is 0.296. The summed E-state index contributed by atoms with van der Waals surface area (Å²) >= 11 is 0. The normalized spacial score (nSPS) is 15.8. The van der Waals surface area contributed by atoms with E-state index in [4.69, 9.17) is 19.6 Å². The van der Waals surface area contributed by atoms with Crippen molar-refractivity contribution in [3.05, 3.63) is 72.1 Å². The first kappa shape index (κ1) is 27.5. The van der Waals surface area contributed by atoms with Crippen LogP contribution in [-0.2, 0) is 21.2 Å². The molecule has 0 radical (unpaired) electrons. The molecule has 0 spiro atoms. The van der Waals surface area contributed by atoms with Gasteiger partial charge in [-0.05, 0) is 42.4 Å². The number of hydrogen-bond donors (Lipinski definition) is 3. The number of amides is 1. The lowest BCUT2D eigenvalue weighted by atomic mass is 10.1. The molecule has 4 aromatic rings. The van der Waals surface area contributed by atoms with E-state index in [0.29, 0.717) is 47.8 Å². The van der Waals surface area contributed by atoms with E-state index < -0.39 is 15.7 Å². The van der Waals surface area contributed by atoms with Crippen LogP contribution in [0.25, 0.3) is 11.0 Å². The predicted molar refractivity (Wildman–Crippen MR) is 148 cm³/mol. The van der Waals surface area contributed by atoms with Crippen molar-refractivity contribution >= 4 is 38.3 Å². The highest BCUT2D eigenvalue weighted by Gasteiger charge is 2.26. The number of nitrogens with one attached hydrogen (secondary N) is 2. The Morgan fingerprint density at radius 3 is 2.90 bits per heavy atom. The highest BCUT2D eigenvalue weighted by molar-refractivity contribution is 7.91. The van der Waals surface area contributed by atoms with E-state index in [1.54, 1.807) is 47.4 Å². The molecule has 0 bridgehead atoms. The summed E-state index contributed by atoms with van der Waals surface area (Å²) in [5.41, 5.74) is 7.54. The van der Waals surface area contributed by atoms with Crippen molar-refractivity contribution in [2.24, 2.45) is 5.73 Å². The van der Waals surface area contributed by atoms with E-state index in [-0.39, 0.29) is 29.6 Å². The molecule has 4 N–H and O–H groups in total. The zero-order valence-corrected chi connectivity index (χ0v) is 22.7. The number of rotatable bonds is 11. The Bertz CT molecular complexity index is 1600. The summed E-state index contributed by atoms with van der Waals surface area (Å²) in [6, 6.07) is 13.5. The number of anilines is 2. The van der Waals surface area contributed by atoms with Gasteiger partial charge < -0.3 is 30.3 Å². The van der Waals surface area contributed by atoms with Gasteiger partial charge in [0.1, 0.15) is 30.6 Å². The number of morpholine rings is 1. The van der Waals surface area contributed by atoms with E-state index in [0.717, 1.165) is 12.1 Å². The monoisotopic (exact) mass is 566 g/mol. The van der Waals surface area contributed by atoms with Crippen molar-refractivity contribution in [3.63, 3.8) is 0 Å². The van der Waals surface area contributed by atoms with E-state index in [1.165, 1.54) is 12.5 Å². The maximum atomic E-state index is 13.2. The summed E-state index contributed by atoms with van der Waals surface area (Å²) in [6.45, 7) is 4.51. The van der Waals surface area contributed by atoms with Gasteiger partial charge in [0.2, 0.25) is 11.8 Å². The van der Waals surface area contributed by atoms with Crippen LogP contribution in [0.3, 0.4) is 0 Å². The number of nitrogens with zero attached hydrogens (tertiary/aromatic N) is 3.